The Morgan fingerprint density at radius 1 is 0.870 bits per heavy atom. The lowest BCUT2D eigenvalue weighted by Gasteiger charge is -2.17. The summed E-state index contributed by atoms with van der Waals surface area (Å²) in [6.45, 7) is 11.3. The molecule has 1 rings (SSSR count). The molecule has 1 aromatic rings. The number of benzene rings is 1. The monoisotopic (exact) mass is 320 g/mol. The molecule has 126 valence electrons. The minimum Gasteiger partial charge on any atom is -0.452 e. The first-order valence-corrected chi connectivity index (χ1v) is 7.52. The number of amides is 3. The molecule has 6 heteroatoms. The molecule has 1 aromatic carbocycles. The summed E-state index contributed by atoms with van der Waals surface area (Å²) in [5, 5.41) is 4.51. The lowest BCUT2D eigenvalue weighted by molar-refractivity contribution is -0.123. The van der Waals surface area contributed by atoms with Crippen LogP contribution in [0, 0.1) is 34.6 Å². The third kappa shape index (κ3) is 4.31. The first kappa shape index (κ1) is 18.7. The zero-order chi connectivity index (χ0) is 17.7. The number of esters is 1. The van der Waals surface area contributed by atoms with E-state index in [2.05, 4.69) is 10.6 Å². The van der Waals surface area contributed by atoms with E-state index in [-0.39, 0.29) is 0 Å². The Labute approximate surface area is 136 Å². The molecule has 0 aliphatic carbocycles. The summed E-state index contributed by atoms with van der Waals surface area (Å²) < 4.78 is 5.05. The number of imide groups is 1. The molecule has 0 aromatic heterocycles. The van der Waals surface area contributed by atoms with Gasteiger partial charge in [0, 0.05) is 6.54 Å². The number of hydrogen-bond acceptors (Lipinski definition) is 4. The van der Waals surface area contributed by atoms with Crippen molar-refractivity contribution in [3.8, 4) is 0 Å². The van der Waals surface area contributed by atoms with Crippen LogP contribution >= 0.6 is 0 Å². The van der Waals surface area contributed by atoms with Gasteiger partial charge in [0.25, 0.3) is 5.91 Å². The molecule has 0 saturated heterocycles. The highest BCUT2D eigenvalue weighted by Crippen LogP contribution is 2.26. The predicted molar refractivity (Wildman–Crippen MR) is 87.6 cm³/mol. The van der Waals surface area contributed by atoms with Gasteiger partial charge in [0.15, 0.2) is 6.61 Å². The van der Waals surface area contributed by atoms with E-state index in [1.54, 1.807) is 6.92 Å². The Morgan fingerprint density at radius 3 is 1.83 bits per heavy atom. The van der Waals surface area contributed by atoms with Gasteiger partial charge in [-0.2, -0.15) is 0 Å². The number of nitrogens with one attached hydrogen (secondary N) is 2. The normalized spacial score (nSPS) is 10.2. The topological polar surface area (TPSA) is 84.5 Å². The van der Waals surface area contributed by atoms with Gasteiger partial charge in [0.2, 0.25) is 0 Å². The van der Waals surface area contributed by atoms with Gasteiger partial charge in [-0.05, 0) is 69.4 Å². The van der Waals surface area contributed by atoms with Crippen molar-refractivity contribution in [1.29, 1.82) is 0 Å². The van der Waals surface area contributed by atoms with Crippen LogP contribution in [0.15, 0.2) is 0 Å². The van der Waals surface area contributed by atoms with Gasteiger partial charge in [-0.1, -0.05) is 0 Å². The standard InChI is InChI=1S/C17H24N2O4/c1-7-18-17(22)19-14(20)8-23-16(21)15-12(5)10(3)9(2)11(4)13(15)6/h7-8H2,1-6H3,(H2,18,19,20,22). The van der Waals surface area contributed by atoms with Crippen LogP contribution in [0.2, 0.25) is 0 Å². The molecule has 0 spiro atoms. The molecule has 0 saturated carbocycles. The molecule has 0 fully saturated rings. The van der Waals surface area contributed by atoms with Crippen LogP contribution in [0.4, 0.5) is 4.79 Å². The van der Waals surface area contributed by atoms with Gasteiger partial charge in [-0.15, -0.1) is 0 Å². The number of urea groups is 1. The maximum Gasteiger partial charge on any atom is 0.339 e. The molecule has 0 bridgehead atoms. The second kappa shape index (κ2) is 7.76. The van der Waals surface area contributed by atoms with Crippen LogP contribution in [0.5, 0.6) is 0 Å². The van der Waals surface area contributed by atoms with Crippen molar-refractivity contribution >= 4 is 17.9 Å². The number of rotatable bonds is 4. The zero-order valence-corrected chi connectivity index (χ0v) is 14.5. The van der Waals surface area contributed by atoms with Crippen molar-refractivity contribution in [1.82, 2.24) is 10.6 Å². The average Bonchev–Trinajstić information content (AvgIpc) is 2.49. The van der Waals surface area contributed by atoms with Gasteiger partial charge in [0.05, 0.1) is 5.56 Å². The third-order valence-electron chi connectivity index (χ3n) is 4.13. The van der Waals surface area contributed by atoms with E-state index in [4.69, 9.17) is 4.74 Å². The van der Waals surface area contributed by atoms with E-state index in [9.17, 15) is 14.4 Å². The Kier molecular flexibility index (Phi) is 6.30. The molecule has 3 amide bonds. The lowest BCUT2D eigenvalue weighted by Crippen LogP contribution is -2.41. The minimum atomic E-state index is -0.667. The molecule has 0 aliphatic rings. The maximum absolute atomic E-state index is 12.3. The number of carbonyl (C=O) groups is 3. The van der Waals surface area contributed by atoms with Crippen molar-refractivity contribution in [3.05, 3.63) is 33.4 Å². The second-order valence-corrected chi connectivity index (χ2v) is 5.48. The smallest absolute Gasteiger partial charge is 0.339 e. The van der Waals surface area contributed by atoms with E-state index in [0.29, 0.717) is 12.1 Å². The summed E-state index contributed by atoms with van der Waals surface area (Å²) >= 11 is 0. The molecule has 23 heavy (non-hydrogen) atoms. The molecular formula is C17H24N2O4. The Morgan fingerprint density at radius 2 is 1.35 bits per heavy atom. The quantitative estimate of drug-likeness (QED) is 0.833. The summed E-state index contributed by atoms with van der Waals surface area (Å²) in [5.74, 6) is -1.22. The van der Waals surface area contributed by atoms with Crippen molar-refractivity contribution in [2.75, 3.05) is 13.2 Å². The summed E-state index contributed by atoms with van der Waals surface area (Å²) in [7, 11) is 0. The van der Waals surface area contributed by atoms with Gasteiger partial charge >= 0.3 is 12.0 Å². The number of carbonyl (C=O) groups excluding carboxylic acids is 3. The van der Waals surface area contributed by atoms with Crippen LogP contribution in [-0.2, 0) is 9.53 Å². The second-order valence-electron chi connectivity index (χ2n) is 5.48. The summed E-state index contributed by atoms with van der Waals surface area (Å²) in [4.78, 5) is 35.1. The highest BCUT2D eigenvalue weighted by Gasteiger charge is 2.20. The fourth-order valence-electron chi connectivity index (χ4n) is 2.38. The van der Waals surface area contributed by atoms with E-state index < -0.39 is 24.5 Å². The first-order chi connectivity index (χ1) is 10.7. The van der Waals surface area contributed by atoms with Crippen molar-refractivity contribution < 1.29 is 19.1 Å². The van der Waals surface area contributed by atoms with Gasteiger partial charge in [0.1, 0.15) is 0 Å². The highest BCUT2D eigenvalue weighted by molar-refractivity contribution is 5.98. The Hall–Kier alpha value is -2.37. The van der Waals surface area contributed by atoms with E-state index in [0.717, 1.165) is 27.8 Å². The van der Waals surface area contributed by atoms with Crippen LogP contribution in [0.25, 0.3) is 0 Å². The molecule has 0 heterocycles. The fourth-order valence-corrected chi connectivity index (χ4v) is 2.38. The van der Waals surface area contributed by atoms with E-state index in [1.165, 1.54) is 0 Å². The molecule has 0 aliphatic heterocycles. The van der Waals surface area contributed by atoms with Gasteiger partial charge < -0.3 is 10.1 Å². The molecule has 6 nitrogen and oxygen atoms in total. The highest BCUT2D eigenvalue weighted by atomic mass is 16.5. The fraction of sp³-hybridized carbons (Fsp3) is 0.471. The van der Waals surface area contributed by atoms with Crippen LogP contribution in [0.3, 0.4) is 0 Å². The lowest BCUT2D eigenvalue weighted by atomic mass is 9.90. The van der Waals surface area contributed by atoms with E-state index in [1.807, 2.05) is 34.6 Å². The summed E-state index contributed by atoms with van der Waals surface area (Å²) in [5.41, 5.74) is 5.39. The zero-order valence-electron chi connectivity index (χ0n) is 14.5. The first-order valence-electron chi connectivity index (χ1n) is 7.52. The Bertz CT molecular complexity index is 621. The molecule has 0 unspecified atom stereocenters. The van der Waals surface area contributed by atoms with Crippen molar-refractivity contribution in [2.45, 2.75) is 41.5 Å². The van der Waals surface area contributed by atoms with Crippen molar-refractivity contribution in [2.24, 2.45) is 0 Å². The molecular weight excluding hydrogens is 296 g/mol. The Balaban J connectivity index is 2.84. The largest absolute Gasteiger partial charge is 0.452 e. The van der Waals surface area contributed by atoms with Gasteiger partial charge in [-0.25, -0.2) is 9.59 Å². The average molecular weight is 320 g/mol. The van der Waals surface area contributed by atoms with Crippen LogP contribution < -0.4 is 10.6 Å². The van der Waals surface area contributed by atoms with Crippen LogP contribution in [0.1, 0.15) is 45.1 Å². The number of ether oxygens (including phenoxy) is 1. The minimum absolute atomic E-state index is 0.402. The third-order valence-corrected chi connectivity index (χ3v) is 4.13. The van der Waals surface area contributed by atoms with Crippen LogP contribution in [-0.4, -0.2) is 31.1 Å². The summed E-state index contributed by atoms with van der Waals surface area (Å²) in [6, 6.07) is -0.608. The summed E-state index contributed by atoms with van der Waals surface area (Å²) in [6.07, 6.45) is 0. The maximum atomic E-state index is 12.3. The predicted octanol–water partition coefficient (Wildman–Crippen LogP) is 2.23. The van der Waals surface area contributed by atoms with Gasteiger partial charge in [-0.3, -0.25) is 10.1 Å². The molecule has 2 N–H and O–H groups in total. The van der Waals surface area contributed by atoms with E-state index >= 15 is 0 Å². The molecule has 0 radical (unpaired) electrons. The number of hydrogen-bond donors (Lipinski definition) is 2. The molecule has 0 atom stereocenters. The van der Waals surface area contributed by atoms with Crippen molar-refractivity contribution in [3.63, 3.8) is 0 Å². The SMILES string of the molecule is CCNC(=O)NC(=O)COC(=O)c1c(C)c(C)c(C)c(C)c1C.